The van der Waals surface area contributed by atoms with Gasteiger partial charge in [0.05, 0.1) is 0 Å². The van der Waals surface area contributed by atoms with E-state index in [1.54, 1.807) is 0 Å². The largest absolute Gasteiger partial charge is 0.391 e. The normalized spacial score (nSPS) is 17.3. The van der Waals surface area contributed by atoms with E-state index in [1.807, 2.05) is 13.1 Å². The molecule has 0 aliphatic heterocycles. The average molecular weight is 135 g/mol. The van der Waals surface area contributed by atoms with Gasteiger partial charge in [-0.05, 0) is 18.4 Å². The number of nitrogens with one attached hydrogen (secondary N) is 1. The van der Waals surface area contributed by atoms with E-state index < -0.39 is 0 Å². The van der Waals surface area contributed by atoms with E-state index in [0.717, 1.165) is 12.8 Å². The van der Waals surface area contributed by atoms with Crippen LogP contribution in [0.5, 0.6) is 0 Å². The molecule has 0 heterocycles. The van der Waals surface area contributed by atoms with Gasteiger partial charge in [-0.2, -0.15) is 0 Å². The first-order chi connectivity index (χ1) is 4.88. The van der Waals surface area contributed by atoms with Crippen LogP contribution in [0.2, 0.25) is 0 Å². The summed E-state index contributed by atoms with van der Waals surface area (Å²) in [7, 11) is 1.96. The first-order valence-corrected chi connectivity index (χ1v) is 3.58. The Bertz CT molecular complexity index is 187. The third-order valence-corrected chi connectivity index (χ3v) is 1.73. The minimum Gasteiger partial charge on any atom is -0.391 e. The molecule has 1 nitrogen and oxygen atoms in total. The molecule has 1 aliphatic rings. The molecule has 0 amide bonds. The summed E-state index contributed by atoms with van der Waals surface area (Å²) >= 11 is 0. The molecule has 0 spiro atoms. The highest BCUT2D eigenvalue weighted by atomic mass is 14.8. The van der Waals surface area contributed by atoms with E-state index in [0.29, 0.717) is 0 Å². The Labute approximate surface area is 62.1 Å². The second kappa shape index (κ2) is 3.25. The van der Waals surface area contributed by atoms with Gasteiger partial charge in [-0.25, -0.2) is 0 Å². The van der Waals surface area contributed by atoms with Crippen molar-refractivity contribution in [3.63, 3.8) is 0 Å². The van der Waals surface area contributed by atoms with Gasteiger partial charge in [-0.3, -0.25) is 0 Å². The summed E-state index contributed by atoms with van der Waals surface area (Å²) in [6, 6.07) is 0. The summed E-state index contributed by atoms with van der Waals surface area (Å²) in [6.07, 6.45) is 8.45. The molecular weight excluding hydrogens is 122 g/mol. The Kier molecular flexibility index (Phi) is 2.32. The van der Waals surface area contributed by atoms with Gasteiger partial charge in [0.1, 0.15) is 0 Å². The van der Waals surface area contributed by atoms with Gasteiger partial charge in [0.2, 0.25) is 0 Å². The van der Waals surface area contributed by atoms with Crippen LogP contribution in [0.1, 0.15) is 12.8 Å². The zero-order valence-electron chi connectivity index (χ0n) is 6.35. The maximum Gasteiger partial charge on any atom is 0.0180 e. The van der Waals surface area contributed by atoms with Gasteiger partial charge >= 0.3 is 0 Å². The first-order valence-electron chi connectivity index (χ1n) is 3.58. The molecule has 0 saturated carbocycles. The Morgan fingerprint density at radius 2 is 2.50 bits per heavy atom. The van der Waals surface area contributed by atoms with E-state index in [9.17, 15) is 0 Å². The zero-order chi connectivity index (χ0) is 7.40. The fraction of sp³-hybridized carbons (Fsp3) is 0.333. The van der Waals surface area contributed by atoms with Gasteiger partial charge in [-0.1, -0.05) is 24.8 Å². The second-order valence-electron chi connectivity index (χ2n) is 2.33. The summed E-state index contributed by atoms with van der Waals surface area (Å²) in [6.45, 7) is 3.73. The predicted molar refractivity (Wildman–Crippen MR) is 44.7 cm³/mol. The molecule has 0 atom stereocenters. The lowest BCUT2D eigenvalue weighted by molar-refractivity contribution is 0.830. The van der Waals surface area contributed by atoms with Gasteiger partial charge < -0.3 is 5.32 Å². The highest BCUT2D eigenvalue weighted by Crippen LogP contribution is 2.16. The minimum absolute atomic E-state index is 1.12. The number of allylic oxidation sites excluding steroid dienone is 5. The standard InChI is InChI=1S/C9H13N/c1-3-8-6-4-5-7-9(8)10-2/h3-4,6,10H,1,5,7H2,2H3. The molecule has 1 rings (SSSR count). The van der Waals surface area contributed by atoms with Crippen LogP contribution in [-0.2, 0) is 0 Å². The van der Waals surface area contributed by atoms with E-state index in [4.69, 9.17) is 0 Å². The van der Waals surface area contributed by atoms with Gasteiger partial charge in [0.15, 0.2) is 0 Å². The van der Waals surface area contributed by atoms with Crippen LogP contribution in [0.3, 0.4) is 0 Å². The van der Waals surface area contributed by atoms with Crippen molar-refractivity contribution in [2.75, 3.05) is 7.05 Å². The molecule has 0 fully saturated rings. The molecule has 10 heavy (non-hydrogen) atoms. The third-order valence-electron chi connectivity index (χ3n) is 1.73. The van der Waals surface area contributed by atoms with Crippen LogP contribution in [0, 0.1) is 0 Å². The van der Waals surface area contributed by atoms with Gasteiger partial charge in [-0.15, -0.1) is 0 Å². The summed E-state index contributed by atoms with van der Waals surface area (Å²) in [4.78, 5) is 0. The van der Waals surface area contributed by atoms with E-state index in [-0.39, 0.29) is 0 Å². The Hall–Kier alpha value is -0.980. The van der Waals surface area contributed by atoms with Crippen molar-refractivity contribution >= 4 is 0 Å². The van der Waals surface area contributed by atoms with Crippen molar-refractivity contribution in [3.05, 3.63) is 36.1 Å². The van der Waals surface area contributed by atoms with Crippen molar-refractivity contribution in [2.45, 2.75) is 12.8 Å². The van der Waals surface area contributed by atoms with E-state index >= 15 is 0 Å². The highest BCUT2D eigenvalue weighted by molar-refractivity contribution is 5.36. The smallest absolute Gasteiger partial charge is 0.0180 e. The maximum absolute atomic E-state index is 3.73. The summed E-state index contributed by atoms with van der Waals surface area (Å²) < 4.78 is 0. The van der Waals surface area contributed by atoms with Crippen LogP contribution >= 0.6 is 0 Å². The van der Waals surface area contributed by atoms with Gasteiger partial charge in [0.25, 0.3) is 0 Å². The molecule has 0 unspecified atom stereocenters. The molecule has 0 aromatic carbocycles. The summed E-state index contributed by atoms with van der Waals surface area (Å²) in [5.74, 6) is 0. The number of rotatable bonds is 2. The Morgan fingerprint density at radius 3 is 3.00 bits per heavy atom. The summed E-state index contributed by atoms with van der Waals surface area (Å²) in [5, 5.41) is 3.16. The fourth-order valence-electron chi connectivity index (χ4n) is 1.14. The van der Waals surface area contributed by atoms with Crippen LogP contribution < -0.4 is 5.32 Å². The van der Waals surface area contributed by atoms with E-state index in [2.05, 4.69) is 24.0 Å². The van der Waals surface area contributed by atoms with Gasteiger partial charge in [0, 0.05) is 12.7 Å². The Balaban J connectivity index is 2.83. The van der Waals surface area contributed by atoms with Crippen LogP contribution in [-0.4, -0.2) is 7.05 Å². The topological polar surface area (TPSA) is 12.0 Å². The lowest BCUT2D eigenvalue weighted by atomic mass is 10.0. The molecule has 0 aromatic heterocycles. The average Bonchev–Trinajstić information content (AvgIpc) is 2.04. The van der Waals surface area contributed by atoms with Crippen molar-refractivity contribution in [3.8, 4) is 0 Å². The van der Waals surface area contributed by atoms with Crippen molar-refractivity contribution in [2.24, 2.45) is 0 Å². The lowest BCUT2D eigenvalue weighted by Gasteiger charge is -2.12. The lowest BCUT2D eigenvalue weighted by Crippen LogP contribution is -2.09. The molecule has 0 aromatic rings. The number of hydrogen-bond donors (Lipinski definition) is 1. The van der Waals surface area contributed by atoms with Crippen molar-refractivity contribution in [1.82, 2.24) is 5.32 Å². The predicted octanol–water partition coefficient (Wildman–Crippen LogP) is 2.00. The molecule has 1 aliphatic carbocycles. The highest BCUT2D eigenvalue weighted by Gasteiger charge is 2.01. The second-order valence-corrected chi connectivity index (χ2v) is 2.33. The molecular formula is C9H13N. The fourth-order valence-corrected chi connectivity index (χ4v) is 1.14. The zero-order valence-corrected chi connectivity index (χ0v) is 6.35. The quantitative estimate of drug-likeness (QED) is 0.610. The molecule has 1 heteroatoms. The third kappa shape index (κ3) is 1.29. The van der Waals surface area contributed by atoms with Crippen LogP contribution in [0.15, 0.2) is 36.1 Å². The Morgan fingerprint density at radius 1 is 1.70 bits per heavy atom. The molecule has 0 bridgehead atoms. The molecule has 0 radical (unpaired) electrons. The molecule has 0 saturated heterocycles. The maximum atomic E-state index is 3.73. The van der Waals surface area contributed by atoms with Crippen molar-refractivity contribution < 1.29 is 0 Å². The monoisotopic (exact) mass is 135 g/mol. The number of hydrogen-bond acceptors (Lipinski definition) is 1. The minimum atomic E-state index is 1.12. The SMILES string of the molecule is C=CC1=C(NC)CCC=C1. The van der Waals surface area contributed by atoms with Crippen LogP contribution in [0.4, 0.5) is 0 Å². The van der Waals surface area contributed by atoms with E-state index in [1.165, 1.54) is 11.3 Å². The van der Waals surface area contributed by atoms with Crippen molar-refractivity contribution in [1.29, 1.82) is 0 Å². The molecule has 1 N–H and O–H groups in total. The molecule has 54 valence electrons. The summed E-state index contributed by atoms with van der Waals surface area (Å²) in [5.41, 5.74) is 2.53. The first kappa shape index (κ1) is 7.13. The van der Waals surface area contributed by atoms with Crippen LogP contribution in [0.25, 0.3) is 0 Å².